The smallest absolute Gasteiger partial charge is 0.326 e. The Morgan fingerprint density at radius 1 is 0.939 bits per heavy atom. The van der Waals surface area contributed by atoms with Crippen LogP contribution in [0.3, 0.4) is 0 Å². The maximum atomic E-state index is 12.4. The Labute approximate surface area is 197 Å². The maximum absolute atomic E-state index is 12.4. The number of anilines is 1. The van der Waals surface area contributed by atoms with E-state index in [0.29, 0.717) is 12.7 Å². The molecule has 3 rings (SSSR count). The number of carbonyl (C=O) groups is 1. The minimum absolute atomic E-state index is 0.189. The average molecular weight is 460 g/mol. The Kier molecular flexibility index (Phi) is 9.56. The number of amides is 1. The number of carbonyl (C=O) groups excluding carboxylic acids is 1. The van der Waals surface area contributed by atoms with Gasteiger partial charge in [-0.3, -0.25) is 4.79 Å². The van der Waals surface area contributed by atoms with Crippen LogP contribution in [-0.4, -0.2) is 12.1 Å². The molecule has 0 heterocycles. The molecule has 0 aliphatic carbocycles. The molecule has 0 aromatic heterocycles. The zero-order chi connectivity index (χ0) is 23.5. The molecule has 0 fully saturated rings. The number of benzene rings is 3. The predicted molar refractivity (Wildman–Crippen MR) is 140 cm³/mol. The van der Waals surface area contributed by atoms with E-state index in [1.165, 1.54) is 6.08 Å². The number of nitrogens with two attached hydrogens (primary N) is 1. The molecule has 0 aliphatic rings. The van der Waals surface area contributed by atoms with Crippen LogP contribution in [0.4, 0.5) is 5.69 Å². The first-order chi connectivity index (χ1) is 16.1. The van der Waals surface area contributed by atoms with Crippen LogP contribution in [0.15, 0.2) is 78.9 Å². The number of hydrogen-bond donors (Lipinski definition) is 2. The summed E-state index contributed by atoms with van der Waals surface area (Å²) in [4.78, 5) is 12.4. The third kappa shape index (κ3) is 8.09. The average Bonchev–Trinajstić information content (AvgIpc) is 2.84. The van der Waals surface area contributed by atoms with E-state index in [1.54, 1.807) is 0 Å². The summed E-state index contributed by atoms with van der Waals surface area (Å²) in [6.45, 7) is 2.68. The summed E-state index contributed by atoms with van der Waals surface area (Å²) in [6.07, 6.45) is 8.02. The molecule has 170 valence electrons. The molecule has 33 heavy (non-hydrogen) atoms. The molecule has 1 unspecified atom stereocenters. The Hall–Kier alpha value is -3.07. The minimum Gasteiger partial charge on any atom is -0.326 e. The summed E-state index contributed by atoms with van der Waals surface area (Å²) in [5, 5.41) is 2.88. The van der Waals surface area contributed by atoms with E-state index in [-0.39, 0.29) is 5.91 Å². The lowest BCUT2D eigenvalue weighted by atomic mass is 10.0. The molecular weight excluding hydrogens is 427 g/mol. The first kappa shape index (κ1) is 24.6. The summed E-state index contributed by atoms with van der Waals surface area (Å²) in [6, 6.07) is 23.8. The second-order valence-electron chi connectivity index (χ2n) is 8.12. The summed E-state index contributed by atoms with van der Waals surface area (Å²) in [7, 11) is -1.20. The topological polar surface area (TPSA) is 72.2 Å². The molecular formula is C28H32N2O2P+. The van der Waals surface area contributed by atoms with Crippen LogP contribution in [0.5, 0.6) is 0 Å². The van der Waals surface area contributed by atoms with Gasteiger partial charge in [0.2, 0.25) is 5.91 Å². The van der Waals surface area contributed by atoms with Gasteiger partial charge in [-0.05, 0) is 64.9 Å². The molecule has 5 heteroatoms. The summed E-state index contributed by atoms with van der Waals surface area (Å²) in [5.41, 5.74) is 11.7. The largest absolute Gasteiger partial charge is 0.343 e. The molecule has 3 aromatic carbocycles. The van der Waals surface area contributed by atoms with E-state index < -0.39 is 7.80 Å². The highest BCUT2D eigenvalue weighted by Gasteiger charge is 2.15. The summed E-state index contributed by atoms with van der Waals surface area (Å²) < 4.78 is 12.2. The van der Waals surface area contributed by atoms with Gasteiger partial charge in [0, 0.05) is 18.3 Å². The van der Waals surface area contributed by atoms with Gasteiger partial charge in [-0.1, -0.05) is 72.5 Å². The highest BCUT2D eigenvalue weighted by atomic mass is 31.1. The van der Waals surface area contributed by atoms with Crippen molar-refractivity contribution in [3.63, 3.8) is 0 Å². The normalized spacial score (nSPS) is 11.5. The fraction of sp³-hybridized carbons (Fsp3) is 0.250. The number of unbranched alkanes of at least 4 members (excludes halogenated alkanes) is 2. The predicted octanol–water partition coefficient (Wildman–Crippen LogP) is 6.98. The lowest BCUT2D eigenvalue weighted by Crippen LogP contribution is -2.07. The van der Waals surface area contributed by atoms with Gasteiger partial charge in [0.15, 0.2) is 6.16 Å². The van der Waals surface area contributed by atoms with E-state index in [0.717, 1.165) is 58.9 Å². The Balaban J connectivity index is 1.55. The molecule has 0 aliphatic heterocycles. The second-order valence-corrected chi connectivity index (χ2v) is 9.84. The quantitative estimate of drug-likeness (QED) is 0.185. The van der Waals surface area contributed by atoms with Crippen molar-refractivity contribution < 1.29 is 9.36 Å². The summed E-state index contributed by atoms with van der Waals surface area (Å²) in [5.74, 6) is -0.189. The van der Waals surface area contributed by atoms with Gasteiger partial charge in [0.25, 0.3) is 0 Å². The fourth-order valence-corrected chi connectivity index (χ4v) is 4.88. The molecule has 1 atom stereocenters. The van der Waals surface area contributed by atoms with Crippen molar-refractivity contribution >= 4 is 25.5 Å². The lowest BCUT2D eigenvalue weighted by Gasteiger charge is -2.05. The van der Waals surface area contributed by atoms with Crippen molar-refractivity contribution in [2.75, 3.05) is 11.5 Å². The van der Waals surface area contributed by atoms with Gasteiger partial charge in [-0.2, -0.15) is 0 Å². The number of nitrogens with one attached hydrogen (secondary N) is 1. The van der Waals surface area contributed by atoms with Crippen molar-refractivity contribution in [3.8, 4) is 11.1 Å². The van der Waals surface area contributed by atoms with Crippen LogP contribution in [0.2, 0.25) is 0 Å². The summed E-state index contributed by atoms with van der Waals surface area (Å²) >= 11 is 0. The molecule has 1 amide bonds. The Morgan fingerprint density at radius 3 is 2.36 bits per heavy atom. The van der Waals surface area contributed by atoms with Crippen molar-refractivity contribution in [3.05, 3.63) is 95.6 Å². The molecule has 0 saturated carbocycles. The van der Waals surface area contributed by atoms with Crippen molar-refractivity contribution in [1.29, 1.82) is 0 Å². The van der Waals surface area contributed by atoms with E-state index >= 15 is 0 Å². The van der Waals surface area contributed by atoms with Crippen molar-refractivity contribution in [2.24, 2.45) is 5.73 Å². The van der Waals surface area contributed by atoms with Crippen LogP contribution < -0.4 is 11.1 Å². The van der Waals surface area contributed by atoms with Gasteiger partial charge in [0.1, 0.15) is 6.16 Å². The number of hydrogen-bond acceptors (Lipinski definition) is 3. The standard InChI is InChI=1S/C28H31N2O2P/c1-2-3-4-18-33(32)21-24-10-15-27(16-11-24)30-28(31)17-12-22-6-5-7-26(19-22)25-13-8-23(20-29)9-14-25/h5-17,19H,2-4,18,20-21,29H2,1H3/p+1/b17-12+. The van der Waals surface area contributed by atoms with E-state index in [9.17, 15) is 9.36 Å². The monoisotopic (exact) mass is 459 g/mol. The zero-order valence-electron chi connectivity index (χ0n) is 19.2. The first-order valence-electron chi connectivity index (χ1n) is 11.5. The van der Waals surface area contributed by atoms with Crippen molar-refractivity contribution in [2.45, 2.75) is 38.9 Å². The molecule has 0 bridgehead atoms. The fourth-order valence-electron chi connectivity index (χ4n) is 3.53. The maximum Gasteiger partial charge on any atom is 0.343 e. The van der Waals surface area contributed by atoms with Crippen molar-refractivity contribution in [1.82, 2.24) is 0 Å². The zero-order valence-corrected chi connectivity index (χ0v) is 20.1. The van der Waals surface area contributed by atoms with Crippen LogP contribution in [0.25, 0.3) is 17.2 Å². The first-order valence-corrected chi connectivity index (χ1v) is 13.1. The highest BCUT2D eigenvalue weighted by Crippen LogP contribution is 2.29. The molecule has 4 nitrogen and oxygen atoms in total. The Morgan fingerprint density at radius 2 is 1.67 bits per heavy atom. The third-order valence-corrected chi connectivity index (χ3v) is 6.96. The third-order valence-electron chi connectivity index (χ3n) is 5.43. The van der Waals surface area contributed by atoms with E-state index in [4.69, 9.17) is 5.73 Å². The molecule has 3 aromatic rings. The van der Waals surface area contributed by atoms with Gasteiger partial charge in [0.05, 0.1) is 0 Å². The van der Waals surface area contributed by atoms with Gasteiger partial charge >= 0.3 is 7.80 Å². The Bertz CT molecular complexity index is 1090. The second kappa shape index (κ2) is 12.8. The van der Waals surface area contributed by atoms with Crippen LogP contribution in [0.1, 0.15) is 42.9 Å². The van der Waals surface area contributed by atoms with Crippen LogP contribution >= 0.6 is 7.80 Å². The van der Waals surface area contributed by atoms with E-state index in [2.05, 4.69) is 30.4 Å². The lowest BCUT2D eigenvalue weighted by molar-refractivity contribution is -0.111. The number of rotatable bonds is 11. The minimum atomic E-state index is -1.20. The van der Waals surface area contributed by atoms with E-state index in [1.807, 2.05) is 60.7 Å². The van der Waals surface area contributed by atoms with Crippen LogP contribution in [-0.2, 0) is 22.1 Å². The van der Waals surface area contributed by atoms with Gasteiger partial charge in [-0.25, -0.2) is 0 Å². The van der Waals surface area contributed by atoms with Gasteiger partial charge in [-0.15, -0.1) is 0 Å². The van der Waals surface area contributed by atoms with Crippen LogP contribution in [0, 0.1) is 0 Å². The molecule has 3 N–H and O–H groups in total. The molecule has 0 saturated heterocycles. The molecule has 0 radical (unpaired) electrons. The SMILES string of the molecule is CCCCC[P+](=O)Cc1ccc(NC(=O)/C=C/c2cccc(-c3ccc(CN)cc3)c2)cc1. The highest BCUT2D eigenvalue weighted by molar-refractivity contribution is 7.43. The molecule has 0 spiro atoms. The van der Waals surface area contributed by atoms with Gasteiger partial charge < -0.3 is 11.1 Å².